The number of hydrogen-bond acceptors (Lipinski definition) is 4. The van der Waals surface area contributed by atoms with E-state index in [1.165, 1.54) is 38.6 Å². The third-order valence-corrected chi connectivity index (χ3v) is 4.68. The van der Waals surface area contributed by atoms with Crippen LogP contribution in [0, 0.1) is 0 Å². The van der Waals surface area contributed by atoms with Crippen molar-refractivity contribution in [1.82, 2.24) is 14.7 Å². The Kier molecular flexibility index (Phi) is 7.47. The molecule has 5 nitrogen and oxygen atoms in total. The number of piperidine rings is 1. The van der Waals surface area contributed by atoms with Gasteiger partial charge < -0.3 is 15.5 Å². The number of nitrogens with zero attached hydrogens (tertiary/aromatic N) is 3. The van der Waals surface area contributed by atoms with E-state index in [9.17, 15) is 4.79 Å². The first-order valence-electron chi connectivity index (χ1n) is 8.72. The standard InChI is InChI=1S/C16H32N4O/c17-7-2-5-8-18-9-6-10-19(14-13-18)15-16(21)20-11-3-1-4-12-20/h1-15,17H2. The van der Waals surface area contributed by atoms with Gasteiger partial charge in [0.25, 0.3) is 0 Å². The molecule has 0 aromatic heterocycles. The Hall–Kier alpha value is -0.650. The largest absolute Gasteiger partial charge is 0.342 e. The maximum Gasteiger partial charge on any atom is 0.236 e. The van der Waals surface area contributed by atoms with E-state index in [2.05, 4.69) is 14.7 Å². The van der Waals surface area contributed by atoms with Crippen molar-refractivity contribution in [3.05, 3.63) is 0 Å². The molecule has 0 bridgehead atoms. The van der Waals surface area contributed by atoms with Crippen LogP contribution in [0.25, 0.3) is 0 Å². The van der Waals surface area contributed by atoms with Gasteiger partial charge in [-0.1, -0.05) is 0 Å². The molecule has 2 rings (SSSR count). The van der Waals surface area contributed by atoms with Gasteiger partial charge in [-0.15, -0.1) is 0 Å². The topological polar surface area (TPSA) is 52.8 Å². The second-order valence-corrected chi connectivity index (χ2v) is 6.41. The van der Waals surface area contributed by atoms with Crippen LogP contribution in [0.2, 0.25) is 0 Å². The van der Waals surface area contributed by atoms with Gasteiger partial charge in [-0.3, -0.25) is 9.69 Å². The van der Waals surface area contributed by atoms with Gasteiger partial charge in [0.1, 0.15) is 0 Å². The highest BCUT2D eigenvalue weighted by molar-refractivity contribution is 5.78. The Bertz CT molecular complexity index is 305. The minimum Gasteiger partial charge on any atom is -0.342 e. The van der Waals surface area contributed by atoms with Crippen LogP contribution >= 0.6 is 0 Å². The predicted molar refractivity (Wildman–Crippen MR) is 86.2 cm³/mol. The zero-order chi connectivity index (χ0) is 14.9. The van der Waals surface area contributed by atoms with E-state index >= 15 is 0 Å². The minimum atomic E-state index is 0.339. The van der Waals surface area contributed by atoms with E-state index in [4.69, 9.17) is 5.73 Å². The Labute approximate surface area is 129 Å². The van der Waals surface area contributed by atoms with E-state index in [1.807, 2.05) is 0 Å². The van der Waals surface area contributed by atoms with Crippen molar-refractivity contribution in [3.8, 4) is 0 Å². The SMILES string of the molecule is NCCCCN1CCCN(CC(=O)N2CCCCC2)CC1. The number of amides is 1. The molecule has 0 aromatic rings. The summed E-state index contributed by atoms with van der Waals surface area (Å²) in [6.07, 6.45) is 7.14. The summed E-state index contributed by atoms with van der Waals surface area (Å²) < 4.78 is 0. The quantitative estimate of drug-likeness (QED) is 0.735. The summed E-state index contributed by atoms with van der Waals surface area (Å²) >= 11 is 0. The third-order valence-electron chi connectivity index (χ3n) is 4.68. The van der Waals surface area contributed by atoms with Gasteiger partial charge in [-0.25, -0.2) is 0 Å². The van der Waals surface area contributed by atoms with E-state index in [0.717, 1.165) is 52.2 Å². The molecule has 2 N–H and O–H groups in total. The van der Waals surface area contributed by atoms with Crippen LogP contribution in [0.1, 0.15) is 38.5 Å². The van der Waals surface area contributed by atoms with Crippen molar-refractivity contribution in [2.45, 2.75) is 38.5 Å². The number of carbonyl (C=O) groups is 1. The van der Waals surface area contributed by atoms with Crippen molar-refractivity contribution < 1.29 is 4.79 Å². The van der Waals surface area contributed by atoms with Gasteiger partial charge >= 0.3 is 0 Å². The van der Waals surface area contributed by atoms with Crippen molar-refractivity contribution in [1.29, 1.82) is 0 Å². The normalized spacial score (nSPS) is 22.2. The molecule has 122 valence electrons. The number of hydrogen-bond donors (Lipinski definition) is 1. The first-order valence-corrected chi connectivity index (χ1v) is 8.72. The second-order valence-electron chi connectivity index (χ2n) is 6.41. The van der Waals surface area contributed by atoms with Crippen LogP contribution in [0.5, 0.6) is 0 Å². The molecule has 2 fully saturated rings. The lowest BCUT2D eigenvalue weighted by molar-refractivity contribution is -0.133. The first-order chi connectivity index (χ1) is 10.3. The van der Waals surface area contributed by atoms with E-state index in [0.29, 0.717) is 12.5 Å². The maximum atomic E-state index is 12.3. The molecule has 21 heavy (non-hydrogen) atoms. The van der Waals surface area contributed by atoms with Gasteiger partial charge in [-0.2, -0.15) is 0 Å². The van der Waals surface area contributed by atoms with Crippen LogP contribution < -0.4 is 5.73 Å². The molecule has 0 aliphatic carbocycles. The summed E-state index contributed by atoms with van der Waals surface area (Å²) in [6.45, 7) is 8.87. The van der Waals surface area contributed by atoms with Gasteiger partial charge in [0.2, 0.25) is 5.91 Å². The fourth-order valence-electron chi connectivity index (χ4n) is 3.32. The smallest absolute Gasteiger partial charge is 0.236 e. The molecule has 2 aliphatic rings. The Morgan fingerprint density at radius 1 is 0.810 bits per heavy atom. The summed E-state index contributed by atoms with van der Waals surface area (Å²) in [7, 11) is 0. The molecule has 0 atom stereocenters. The molecule has 0 aromatic carbocycles. The molecule has 0 saturated carbocycles. The average molecular weight is 296 g/mol. The average Bonchev–Trinajstić information content (AvgIpc) is 2.74. The molecule has 5 heteroatoms. The maximum absolute atomic E-state index is 12.3. The summed E-state index contributed by atoms with van der Waals surface area (Å²) in [6, 6.07) is 0. The van der Waals surface area contributed by atoms with Crippen LogP contribution in [-0.4, -0.2) is 79.5 Å². The highest BCUT2D eigenvalue weighted by Gasteiger charge is 2.21. The van der Waals surface area contributed by atoms with Gasteiger partial charge in [0, 0.05) is 26.2 Å². The molecule has 2 aliphatic heterocycles. The first kappa shape index (κ1) is 16.7. The molecular formula is C16H32N4O. The van der Waals surface area contributed by atoms with E-state index in [-0.39, 0.29) is 0 Å². The minimum absolute atomic E-state index is 0.339. The molecule has 0 unspecified atom stereocenters. The zero-order valence-corrected chi connectivity index (χ0v) is 13.4. The molecule has 0 spiro atoms. The summed E-state index contributed by atoms with van der Waals surface area (Å²) in [5.74, 6) is 0.339. The van der Waals surface area contributed by atoms with Crippen molar-refractivity contribution in [3.63, 3.8) is 0 Å². The van der Waals surface area contributed by atoms with Crippen molar-refractivity contribution >= 4 is 5.91 Å². The third kappa shape index (κ3) is 5.93. The van der Waals surface area contributed by atoms with Gasteiger partial charge in [0.15, 0.2) is 0 Å². The number of likely N-dealkylation sites (tertiary alicyclic amines) is 1. The van der Waals surface area contributed by atoms with Gasteiger partial charge in [0.05, 0.1) is 6.54 Å². The highest BCUT2D eigenvalue weighted by atomic mass is 16.2. The fourth-order valence-corrected chi connectivity index (χ4v) is 3.32. The predicted octanol–water partition coefficient (Wildman–Crippen LogP) is 0.746. The Morgan fingerprint density at radius 2 is 1.52 bits per heavy atom. The molecule has 2 saturated heterocycles. The lowest BCUT2D eigenvalue weighted by Gasteiger charge is -2.29. The lowest BCUT2D eigenvalue weighted by Crippen LogP contribution is -2.43. The monoisotopic (exact) mass is 296 g/mol. The van der Waals surface area contributed by atoms with E-state index < -0.39 is 0 Å². The number of unbranched alkanes of at least 4 members (excludes halogenated alkanes) is 1. The zero-order valence-electron chi connectivity index (χ0n) is 13.4. The molecule has 1 amide bonds. The van der Waals surface area contributed by atoms with E-state index in [1.54, 1.807) is 0 Å². The molecule has 0 radical (unpaired) electrons. The highest BCUT2D eigenvalue weighted by Crippen LogP contribution is 2.10. The van der Waals surface area contributed by atoms with Gasteiger partial charge in [-0.05, 0) is 64.7 Å². The molecule has 2 heterocycles. The Morgan fingerprint density at radius 3 is 2.29 bits per heavy atom. The summed E-state index contributed by atoms with van der Waals surface area (Å²) in [4.78, 5) is 19.3. The van der Waals surface area contributed by atoms with Crippen molar-refractivity contribution in [2.75, 3.05) is 58.9 Å². The van der Waals surface area contributed by atoms with Crippen LogP contribution in [0.4, 0.5) is 0 Å². The second kappa shape index (κ2) is 9.38. The number of nitrogens with two attached hydrogens (primary N) is 1. The number of rotatable bonds is 6. The molecular weight excluding hydrogens is 264 g/mol. The number of carbonyl (C=O) groups excluding carboxylic acids is 1. The van der Waals surface area contributed by atoms with Crippen LogP contribution in [0.3, 0.4) is 0 Å². The summed E-state index contributed by atoms with van der Waals surface area (Å²) in [5.41, 5.74) is 5.55. The van der Waals surface area contributed by atoms with Crippen molar-refractivity contribution in [2.24, 2.45) is 5.73 Å². The van der Waals surface area contributed by atoms with Crippen LogP contribution in [-0.2, 0) is 4.79 Å². The lowest BCUT2D eigenvalue weighted by atomic mass is 10.1. The summed E-state index contributed by atoms with van der Waals surface area (Å²) in [5, 5.41) is 0. The van der Waals surface area contributed by atoms with Crippen LogP contribution in [0.15, 0.2) is 0 Å². The Balaban J connectivity index is 1.68. The fraction of sp³-hybridized carbons (Fsp3) is 0.938.